The Hall–Kier alpha value is -2.12. The van der Waals surface area contributed by atoms with E-state index in [-0.39, 0.29) is 18.8 Å². The molecule has 0 aliphatic carbocycles. The summed E-state index contributed by atoms with van der Waals surface area (Å²) in [6, 6.07) is 8.91. The summed E-state index contributed by atoms with van der Waals surface area (Å²) < 4.78 is 22.2. The monoisotopic (exact) mass is 379 g/mol. The summed E-state index contributed by atoms with van der Waals surface area (Å²) in [6.07, 6.45) is -0.745. The highest BCUT2D eigenvalue weighted by Gasteiger charge is 2.30. The lowest BCUT2D eigenvalue weighted by Gasteiger charge is -2.23. The van der Waals surface area contributed by atoms with Gasteiger partial charge in [0.25, 0.3) is 0 Å². The normalized spacial score (nSPS) is 24.1. The van der Waals surface area contributed by atoms with Gasteiger partial charge in [-0.3, -0.25) is 0 Å². The summed E-state index contributed by atoms with van der Waals surface area (Å²) in [5.41, 5.74) is 0.406. The van der Waals surface area contributed by atoms with Gasteiger partial charge in [-0.05, 0) is 33.3 Å². The van der Waals surface area contributed by atoms with Crippen molar-refractivity contribution in [2.24, 2.45) is 0 Å². The van der Waals surface area contributed by atoms with Gasteiger partial charge in [0.1, 0.15) is 11.7 Å². The van der Waals surface area contributed by atoms with E-state index in [0.717, 1.165) is 5.56 Å². The van der Waals surface area contributed by atoms with Crippen molar-refractivity contribution in [3.63, 3.8) is 0 Å². The lowest BCUT2D eigenvalue weighted by atomic mass is 10.2. The standard InChI is InChI=1S/C20H29NO6/c1-14-10-16(25-11-15-8-6-5-7-9-15)12-24-13-17(18(22)26-14)21-19(23)27-20(2,3)4/h5-9,14,16-17H,10-13H2,1-4H3,(H,21,23)/t14-,16+,17-/m0/s1. The zero-order chi connectivity index (χ0) is 19.9. The minimum Gasteiger partial charge on any atom is -0.461 e. The molecule has 1 aromatic rings. The van der Waals surface area contributed by atoms with Gasteiger partial charge < -0.3 is 24.3 Å². The molecular formula is C20H29NO6. The van der Waals surface area contributed by atoms with E-state index in [4.69, 9.17) is 18.9 Å². The fourth-order valence-electron chi connectivity index (χ4n) is 2.61. The molecule has 0 saturated carbocycles. The molecule has 7 heteroatoms. The molecule has 0 aromatic heterocycles. The first-order chi connectivity index (χ1) is 12.7. The summed E-state index contributed by atoms with van der Waals surface area (Å²) in [5.74, 6) is -0.544. The number of cyclic esters (lactones) is 1. The van der Waals surface area contributed by atoms with Crippen molar-refractivity contribution in [2.75, 3.05) is 13.2 Å². The van der Waals surface area contributed by atoms with E-state index in [1.54, 1.807) is 27.7 Å². The average molecular weight is 379 g/mol. The molecule has 1 N–H and O–H groups in total. The van der Waals surface area contributed by atoms with Crippen LogP contribution in [-0.4, -0.2) is 49.1 Å². The number of hydrogen-bond acceptors (Lipinski definition) is 6. The highest BCUT2D eigenvalue weighted by atomic mass is 16.6. The Bertz CT molecular complexity index is 613. The first-order valence-corrected chi connectivity index (χ1v) is 9.16. The van der Waals surface area contributed by atoms with Crippen molar-refractivity contribution in [3.8, 4) is 0 Å². The summed E-state index contributed by atoms with van der Waals surface area (Å²) in [7, 11) is 0. The van der Waals surface area contributed by atoms with E-state index in [1.807, 2.05) is 30.3 Å². The first-order valence-electron chi connectivity index (χ1n) is 9.16. The molecule has 1 amide bonds. The number of esters is 1. The maximum Gasteiger partial charge on any atom is 0.408 e. The molecule has 150 valence electrons. The van der Waals surface area contributed by atoms with Crippen LogP contribution in [0.2, 0.25) is 0 Å². The van der Waals surface area contributed by atoms with Crippen LogP contribution in [-0.2, 0) is 30.3 Å². The molecule has 0 radical (unpaired) electrons. The first kappa shape index (κ1) is 21.2. The van der Waals surface area contributed by atoms with Crippen molar-refractivity contribution < 1.29 is 28.5 Å². The minimum atomic E-state index is -0.921. The third-order valence-electron chi connectivity index (χ3n) is 3.80. The second kappa shape index (κ2) is 9.71. The quantitative estimate of drug-likeness (QED) is 0.810. The molecule has 1 aliphatic heterocycles. The van der Waals surface area contributed by atoms with Crippen molar-refractivity contribution in [1.82, 2.24) is 5.32 Å². The third kappa shape index (κ3) is 7.97. The van der Waals surface area contributed by atoms with Crippen molar-refractivity contribution >= 4 is 12.1 Å². The number of ether oxygens (including phenoxy) is 4. The lowest BCUT2D eigenvalue weighted by molar-refractivity contribution is -0.152. The summed E-state index contributed by atoms with van der Waals surface area (Å²) in [4.78, 5) is 24.2. The van der Waals surface area contributed by atoms with Gasteiger partial charge >= 0.3 is 12.1 Å². The summed E-state index contributed by atoms with van der Waals surface area (Å²) in [5, 5.41) is 2.51. The fourth-order valence-corrected chi connectivity index (χ4v) is 2.61. The molecule has 0 unspecified atom stereocenters. The molecule has 7 nitrogen and oxygen atoms in total. The lowest BCUT2D eigenvalue weighted by Crippen LogP contribution is -2.47. The molecule has 3 atom stereocenters. The van der Waals surface area contributed by atoms with E-state index in [0.29, 0.717) is 19.6 Å². The number of hydrogen-bond donors (Lipinski definition) is 1. The molecule has 1 aromatic carbocycles. The van der Waals surface area contributed by atoms with Gasteiger partial charge in [0.2, 0.25) is 0 Å². The summed E-state index contributed by atoms with van der Waals surface area (Å²) in [6.45, 7) is 7.81. The molecule has 1 aliphatic rings. The van der Waals surface area contributed by atoms with E-state index < -0.39 is 23.7 Å². The van der Waals surface area contributed by atoms with Crippen molar-refractivity contribution in [3.05, 3.63) is 35.9 Å². The van der Waals surface area contributed by atoms with E-state index in [1.165, 1.54) is 0 Å². The number of benzene rings is 1. The molecule has 1 saturated heterocycles. The molecule has 0 spiro atoms. The van der Waals surface area contributed by atoms with Gasteiger partial charge in [-0.25, -0.2) is 9.59 Å². The maximum absolute atomic E-state index is 12.3. The topological polar surface area (TPSA) is 83.1 Å². The molecule has 0 bridgehead atoms. The number of nitrogens with one attached hydrogen (secondary N) is 1. The van der Waals surface area contributed by atoms with Gasteiger partial charge in [0, 0.05) is 6.42 Å². The van der Waals surface area contributed by atoms with Gasteiger partial charge in [0.05, 0.1) is 25.9 Å². The number of alkyl carbamates (subject to hydrolysis) is 1. The van der Waals surface area contributed by atoms with Gasteiger partial charge in [-0.1, -0.05) is 30.3 Å². The predicted molar refractivity (Wildman–Crippen MR) is 99.2 cm³/mol. The van der Waals surface area contributed by atoms with Crippen LogP contribution < -0.4 is 5.32 Å². The Morgan fingerprint density at radius 1 is 1.22 bits per heavy atom. The Balaban J connectivity index is 1.90. The van der Waals surface area contributed by atoms with E-state index in [2.05, 4.69) is 5.32 Å². The number of rotatable bonds is 4. The Labute approximate surface area is 160 Å². The second-order valence-corrected chi connectivity index (χ2v) is 7.64. The zero-order valence-corrected chi connectivity index (χ0v) is 16.4. The Kier molecular flexibility index (Phi) is 7.62. The van der Waals surface area contributed by atoms with Gasteiger partial charge in [-0.15, -0.1) is 0 Å². The van der Waals surface area contributed by atoms with Crippen LogP contribution >= 0.6 is 0 Å². The number of carbonyl (C=O) groups is 2. The highest BCUT2D eigenvalue weighted by Crippen LogP contribution is 2.14. The van der Waals surface area contributed by atoms with E-state index >= 15 is 0 Å². The number of carbonyl (C=O) groups excluding carboxylic acids is 2. The Morgan fingerprint density at radius 3 is 2.59 bits per heavy atom. The zero-order valence-electron chi connectivity index (χ0n) is 16.4. The largest absolute Gasteiger partial charge is 0.461 e. The highest BCUT2D eigenvalue weighted by molar-refractivity contribution is 5.81. The van der Waals surface area contributed by atoms with E-state index in [9.17, 15) is 9.59 Å². The smallest absolute Gasteiger partial charge is 0.408 e. The van der Waals surface area contributed by atoms with Crippen LogP contribution in [0.4, 0.5) is 4.79 Å². The fraction of sp³-hybridized carbons (Fsp3) is 0.600. The average Bonchev–Trinajstić information content (AvgIpc) is 2.63. The molecule has 1 fully saturated rings. The van der Waals surface area contributed by atoms with Gasteiger partial charge in [-0.2, -0.15) is 0 Å². The van der Waals surface area contributed by atoms with Crippen LogP contribution in [0.1, 0.15) is 39.7 Å². The molecule has 27 heavy (non-hydrogen) atoms. The predicted octanol–water partition coefficient (Wildman–Crippen LogP) is 2.82. The van der Waals surface area contributed by atoms with Crippen LogP contribution in [0.15, 0.2) is 30.3 Å². The Morgan fingerprint density at radius 2 is 1.93 bits per heavy atom. The third-order valence-corrected chi connectivity index (χ3v) is 3.80. The minimum absolute atomic E-state index is 0.00398. The van der Waals surface area contributed by atoms with Crippen LogP contribution in [0.25, 0.3) is 0 Å². The van der Waals surface area contributed by atoms with Crippen molar-refractivity contribution in [1.29, 1.82) is 0 Å². The summed E-state index contributed by atoms with van der Waals surface area (Å²) >= 11 is 0. The van der Waals surface area contributed by atoms with Crippen LogP contribution in [0.3, 0.4) is 0 Å². The molecular weight excluding hydrogens is 350 g/mol. The number of amides is 1. The molecule has 1 heterocycles. The molecule has 2 rings (SSSR count). The van der Waals surface area contributed by atoms with Crippen LogP contribution in [0.5, 0.6) is 0 Å². The second-order valence-electron chi connectivity index (χ2n) is 7.64. The SMILES string of the molecule is C[C@H]1C[C@@H](OCc2ccccc2)COC[C@H](NC(=O)OC(C)(C)C)C(=O)O1. The van der Waals surface area contributed by atoms with Crippen molar-refractivity contribution in [2.45, 2.75) is 64.6 Å². The van der Waals surface area contributed by atoms with Crippen LogP contribution in [0, 0.1) is 0 Å². The maximum atomic E-state index is 12.3. The van der Waals surface area contributed by atoms with Gasteiger partial charge in [0.15, 0.2) is 6.04 Å².